The van der Waals surface area contributed by atoms with E-state index in [9.17, 15) is 9.59 Å². The number of para-hydroxylation sites is 4. The second-order valence-electron chi connectivity index (χ2n) is 8.51. The van der Waals surface area contributed by atoms with E-state index in [1.807, 2.05) is 48.5 Å². The van der Waals surface area contributed by atoms with Gasteiger partial charge >= 0.3 is 0 Å². The first kappa shape index (κ1) is 26.3. The Bertz CT molecular complexity index is 1330. The Kier molecular flexibility index (Phi) is 8.33. The lowest BCUT2D eigenvalue weighted by Gasteiger charge is -2.19. The number of benzene rings is 4. The summed E-state index contributed by atoms with van der Waals surface area (Å²) in [6.07, 6.45) is -1.56. The quantitative estimate of drug-likeness (QED) is 0.283. The lowest BCUT2D eigenvalue weighted by molar-refractivity contribution is -0.122. The number of rotatable bonds is 10. The van der Waals surface area contributed by atoms with Crippen molar-refractivity contribution in [3.8, 4) is 23.0 Å². The van der Waals surface area contributed by atoms with E-state index in [0.717, 1.165) is 10.8 Å². The molecule has 38 heavy (non-hydrogen) atoms. The molecule has 0 aliphatic rings. The molecular formula is C30H30N2O6. The summed E-state index contributed by atoms with van der Waals surface area (Å²) >= 11 is 0. The monoisotopic (exact) mass is 514 g/mol. The molecule has 0 aliphatic carbocycles. The van der Waals surface area contributed by atoms with E-state index < -0.39 is 12.2 Å². The number of methoxy groups -OCH3 is 2. The summed E-state index contributed by atoms with van der Waals surface area (Å²) in [6, 6.07) is 25.3. The van der Waals surface area contributed by atoms with Crippen LogP contribution < -0.4 is 29.6 Å². The van der Waals surface area contributed by atoms with Gasteiger partial charge in [0.25, 0.3) is 11.8 Å². The number of carbonyl (C=O) groups excluding carboxylic acids is 2. The molecule has 2 atom stereocenters. The van der Waals surface area contributed by atoms with Gasteiger partial charge in [-0.05, 0) is 50.2 Å². The van der Waals surface area contributed by atoms with E-state index in [2.05, 4.69) is 10.6 Å². The standard InChI is InChI=1S/C30H30N2O6/c1-19(37-27-17-7-5-15-25(27)35-3)29(33)31-23-13-9-12-22-21(23)11-10-14-24(22)32-30(34)20(2)38-28-18-8-6-16-26(28)36-4/h5-20H,1-4H3,(H,31,33)(H,32,34). The minimum Gasteiger partial charge on any atom is -0.493 e. The number of amides is 2. The Morgan fingerprint density at radius 1 is 0.553 bits per heavy atom. The largest absolute Gasteiger partial charge is 0.493 e. The molecule has 0 aliphatic heterocycles. The first-order chi connectivity index (χ1) is 18.4. The normalized spacial score (nSPS) is 12.2. The summed E-state index contributed by atoms with van der Waals surface area (Å²) in [5.74, 6) is 1.40. The van der Waals surface area contributed by atoms with Crippen LogP contribution in [0.1, 0.15) is 13.8 Å². The van der Waals surface area contributed by atoms with Gasteiger partial charge in [-0.1, -0.05) is 48.5 Å². The Morgan fingerprint density at radius 3 is 1.29 bits per heavy atom. The molecule has 4 aromatic carbocycles. The zero-order valence-corrected chi connectivity index (χ0v) is 21.7. The van der Waals surface area contributed by atoms with Gasteiger partial charge in [-0.2, -0.15) is 0 Å². The number of carbonyl (C=O) groups is 2. The average Bonchev–Trinajstić information content (AvgIpc) is 2.94. The molecule has 196 valence electrons. The third kappa shape index (κ3) is 5.98. The second-order valence-corrected chi connectivity index (χ2v) is 8.51. The van der Waals surface area contributed by atoms with Gasteiger partial charge in [-0.25, -0.2) is 0 Å². The predicted molar refractivity (Wildman–Crippen MR) is 147 cm³/mol. The number of ether oxygens (including phenoxy) is 4. The molecule has 0 heterocycles. The molecule has 0 radical (unpaired) electrons. The molecule has 8 nitrogen and oxygen atoms in total. The second kappa shape index (κ2) is 12.0. The van der Waals surface area contributed by atoms with Crippen molar-refractivity contribution >= 4 is 34.0 Å². The molecule has 2 N–H and O–H groups in total. The molecule has 0 aromatic heterocycles. The lowest BCUT2D eigenvalue weighted by Crippen LogP contribution is -2.30. The fourth-order valence-electron chi connectivity index (χ4n) is 3.92. The maximum Gasteiger partial charge on any atom is 0.265 e. The number of hydrogen-bond acceptors (Lipinski definition) is 6. The number of nitrogens with one attached hydrogen (secondary N) is 2. The highest BCUT2D eigenvalue weighted by Crippen LogP contribution is 2.31. The smallest absolute Gasteiger partial charge is 0.265 e. The summed E-state index contributed by atoms with van der Waals surface area (Å²) in [7, 11) is 3.09. The van der Waals surface area contributed by atoms with Gasteiger partial charge in [-0.3, -0.25) is 9.59 Å². The van der Waals surface area contributed by atoms with Crippen molar-refractivity contribution in [1.82, 2.24) is 0 Å². The van der Waals surface area contributed by atoms with Crippen LogP contribution in [0.3, 0.4) is 0 Å². The summed E-state index contributed by atoms with van der Waals surface area (Å²) in [5.41, 5.74) is 1.19. The number of hydrogen-bond donors (Lipinski definition) is 2. The fraction of sp³-hybridized carbons (Fsp3) is 0.200. The highest BCUT2D eigenvalue weighted by atomic mass is 16.5. The van der Waals surface area contributed by atoms with Crippen LogP contribution in [0.5, 0.6) is 23.0 Å². The lowest BCUT2D eigenvalue weighted by atomic mass is 10.1. The Labute approximate surface area is 221 Å². The topological polar surface area (TPSA) is 95.1 Å². The minimum atomic E-state index is -0.780. The first-order valence-corrected chi connectivity index (χ1v) is 12.1. The van der Waals surface area contributed by atoms with Crippen molar-refractivity contribution in [3.05, 3.63) is 84.9 Å². The molecule has 4 aromatic rings. The molecule has 0 fully saturated rings. The van der Waals surface area contributed by atoms with Crippen molar-refractivity contribution in [2.24, 2.45) is 0 Å². The van der Waals surface area contributed by atoms with Crippen LogP contribution >= 0.6 is 0 Å². The number of anilines is 2. The first-order valence-electron chi connectivity index (χ1n) is 12.1. The average molecular weight is 515 g/mol. The maximum absolute atomic E-state index is 13.0. The van der Waals surface area contributed by atoms with Crippen molar-refractivity contribution < 1.29 is 28.5 Å². The molecular weight excluding hydrogens is 484 g/mol. The van der Waals surface area contributed by atoms with E-state index in [-0.39, 0.29) is 11.8 Å². The molecule has 8 heteroatoms. The van der Waals surface area contributed by atoms with Crippen LogP contribution in [0.2, 0.25) is 0 Å². The van der Waals surface area contributed by atoms with E-state index in [0.29, 0.717) is 34.4 Å². The van der Waals surface area contributed by atoms with E-state index in [1.54, 1.807) is 64.5 Å². The summed E-state index contributed by atoms with van der Waals surface area (Å²) < 4.78 is 22.3. The summed E-state index contributed by atoms with van der Waals surface area (Å²) in [4.78, 5) is 25.9. The highest BCUT2D eigenvalue weighted by molar-refractivity contribution is 6.10. The van der Waals surface area contributed by atoms with Gasteiger partial charge < -0.3 is 29.6 Å². The molecule has 0 saturated carbocycles. The molecule has 0 saturated heterocycles. The van der Waals surface area contributed by atoms with Crippen LogP contribution in [0, 0.1) is 0 Å². The summed E-state index contributed by atoms with van der Waals surface area (Å²) in [6.45, 7) is 3.34. The summed E-state index contributed by atoms with van der Waals surface area (Å²) in [5, 5.41) is 7.40. The van der Waals surface area contributed by atoms with Crippen LogP contribution in [-0.4, -0.2) is 38.2 Å². The Morgan fingerprint density at radius 2 is 0.921 bits per heavy atom. The minimum absolute atomic E-state index is 0.323. The third-order valence-corrected chi connectivity index (χ3v) is 5.92. The number of fused-ring (bicyclic) bond motifs is 1. The van der Waals surface area contributed by atoms with Gasteiger partial charge in [0.15, 0.2) is 35.2 Å². The van der Waals surface area contributed by atoms with Gasteiger partial charge in [0.1, 0.15) is 0 Å². The SMILES string of the molecule is COc1ccccc1OC(C)C(=O)Nc1cccc2c(NC(=O)C(C)Oc3ccccc3OC)cccc12. The van der Waals surface area contributed by atoms with Crippen LogP contribution in [-0.2, 0) is 9.59 Å². The molecule has 0 bridgehead atoms. The van der Waals surface area contributed by atoms with Crippen molar-refractivity contribution in [2.45, 2.75) is 26.1 Å². The Balaban J connectivity index is 1.49. The predicted octanol–water partition coefficient (Wildman–Crippen LogP) is 5.67. The third-order valence-electron chi connectivity index (χ3n) is 5.92. The fourth-order valence-corrected chi connectivity index (χ4v) is 3.92. The zero-order chi connectivity index (χ0) is 27.1. The highest BCUT2D eigenvalue weighted by Gasteiger charge is 2.20. The van der Waals surface area contributed by atoms with Crippen molar-refractivity contribution in [2.75, 3.05) is 24.9 Å². The molecule has 2 unspecified atom stereocenters. The zero-order valence-electron chi connectivity index (χ0n) is 21.7. The van der Waals surface area contributed by atoms with Gasteiger partial charge in [0.05, 0.1) is 14.2 Å². The van der Waals surface area contributed by atoms with Crippen LogP contribution in [0.4, 0.5) is 11.4 Å². The van der Waals surface area contributed by atoms with Crippen molar-refractivity contribution in [1.29, 1.82) is 0 Å². The maximum atomic E-state index is 13.0. The van der Waals surface area contributed by atoms with E-state index >= 15 is 0 Å². The van der Waals surface area contributed by atoms with Gasteiger partial charge in [0.2, 0.25) is 0 Å². The van der Waals surface area contributed by atoms with Gasteiger partial charge in [0, 0.05) is 22.1 Å². The van der Waals surface area contributed by atoms with E-state index in [1.165, 1.54) is 0 Å². The van der Waals surface area contributed by atoms with Crippen molar-refractivity contribution in [3.63, 3.8) is 0 Å². The molecule has 2 amide bonds. The molecule has 4 rings (SSSR count). The Hall–Kier alpha value is -4.72. The van der Waals surface area contributed by atoms with Crippen LogP contribution in [0.25, 0.3) is 10.8 Å². The van der Waals surface area contributed by atoms with E-state index in [4.69, 9.17) is 18.9 Å². The van der Waals surface area contributed by atoms with Gasteiger partial charge in [-0.15, -0.1) is 0 Å². The van der Waals surface area contributed by atoms with Crippen LogP contribution in [0.15, 0.2) is 84.9 Å². The molecule has 0 spiro atoms.